The molecule has 0 saturated carbocycles. The Hall–Kier alpha value is -2.48. The topological polar surface area (TPSA) is 101 Å². The summed E-state index contributed by atoms with van der Waals surface area (Å²) in [6.45, 7) is 3.92. The highest BCUT2D eigenvalue weighted by atomic mass is 32.2. The van der Waals surface area contributed by atoms with Gasteiger partial charge in [-0.25, -0.2) is 8.42 Å². The van der Waals surface area contributed by atoms with Crippen LogP contribution < -0.4 is 10.6 Å². The third-order valence-corrected chi connectivity index (χ3v) is 6.10. The number of aromatic nitrogens is 2. The Kier molecular flexibility index (Phi) is 4.71. The van der Waals surface area contributed by atoms with Crippen molar-refractivity contribution in [2.75, 3.05) is 22.1 Å². The van der Waals surface area contributed by atoms with E-state index in [1.54, 1.807) is 12.1 Å². The van der Waals surface area contributed by atoms with E-state index in [-0.39, 0.29) is 29.1 Å². The maximum absolute atomic E-state index is 12.3. The first-order valence-corrected chi connectivity index (χ1v) is 9.84. The van der Waals surface area contributed by atoms with Gasteiger partial charge in [-0.2, -0.15) is 0 Å². The summed E-state index contributed by atoms with van der Waals surface area (Å²) < 4.78 is 22.9. The molecule has 1 aliphatic heterocycles. The van der Waals surface area contributed by atoms with E-state index in [4.69, 9.17) is 0 Å². The molecule has 7 nitrogen and oxygen atoms in total. The van der Waals surface area contributed by atoms with Gasteiger partial charge < -0.3 is 10.6 Å². The molecule has 1 aromatic heterocycles. The van der Waals surface area contributed by atoms with Gasteiger partial charge in [0.25, 0.3) is 5.91 Å². The summed E-state index contributed by atoms with van der Waals surface area (Å²) in [6, 6.07) is 8.74. The summed E-state index contributed by atoms with van der Waals surface area (Å²) in [5.41, 5.74) is 3.04. The predicted octanol–water partition coefficient (Wildman–Crippen LogP) is 1.94. The Morgan fingerprint density at radius 3 is 2.60 bits per heavy atom. The highest BCUT2D eigenvalue weighted by molar-refractivity contribution is 7.91. The molecule has 0 spiro atoms. The van der Waals surface area contributed by atoms with Crippen molar-refractivity contribution >= 4 is 27.2 Å². The zero-order valence-electron chi connectivity index (χ0n) is 14.1. The van der Waals surface area contributed by atoms with Crippen LogP contribution in [-0.2, 0) is 9.84 Å². The quantitative estimate of drug-likeness (QED) is 0.864. The maximum atomic E-state index is 12.3. The number of aryl methyl sites for hydroxylation is 1. The maximum Gasteiger partial charge on any atom is 0.276 e. The number of nitrogens with zero attached hydrogens (tertiary/aromatic N) is 2. The fraction of sp³-hybridized carbons (Fsp3) is 0.353. The number of anilines is 2. The second-order valence-electron chi connectivity index (χ2n) is 6.25. The first kappa shape index (κ1) is 17.3. The fourth-order valence-corrected chi connectivity index (χ4v) is 4.39. The number of amides is 1. The molecule has 0 bridgehead atoms. The number of carbonyl (C=O) groups excluding carboxylic acids is 1. The molecule has 2 aromatic rings. The Bertz CT molecular complexity index is 895. The van der Waals surface area contributed by atoms with Crippen LogP contribution in [0.3, 0.4) is 0 Å². The minimum absolute atomic E-state index is 0.101. The molecule has 0 aliphatic carbocycles. The summed E-state index contributed by atoms with van der Waals surface area (Å²) >= 11 is 0. The van der Waals surface area contributed by atoms with Gasteiger partial charge in [0.2, 0.25) is 0 Å². The molecule has 25 heavy (non-hydrogen) atoms. The van der Waals surface area contributed by atoms with Crippen LogP contribution in [0.5, 0.6) is 0 Å². The van der Waals surface area contributed by atoms with Gasteiger partial charge in [0.1, 0.15) is 5.82 Å². The second kappa shape index (κ2) is 6.79. The third kappa shape index (κ3) is 4.14. The van der Waals surface area contributed by atoms with Gasteiger partial charge >= 0.3 is 0 Å². The first-order valence-electron chi connectivity index (χ1n) is 8.02. The molecule has 2 N–H and O–H groups in total. The highest BCUT2D eigenvalue weighted by Gasteiger charge is 2.28. The lowest BCUT2D eigenvalue weighted by Gasteiger charge is -2.12. The molecule has 1 saturated heterocycles. The van der Waals surface area contributed by atoms with Crippen LogP contribution in [0, 0.1) is 13.8 Å². The second-order valence-corrected chi connectivity index (χ2v) is 8.48. The standard InChI is InChI=1S/C17H20N4O3S/c1-11-4-3-5-14(12(11)2)19-17(22)15-6-7-16(21-20-15)18-13-8-9-25(23,24)10-13/h3-7,13H,8-10H2,1-2H3,(H,18,21)(H,19,22). The van der Waals surface area contributed by atoms with Crippen LogP contribution in [0.15, 0.2) is 30.3 Å². The average Bonchev–Trinajstić information content (AvgIpc) is 2.91. The van der Waals surface area contributed by atoms with Crippen molar-refractivity contribution in [2.24, 2.45) is 0 Å². The van der Waals surface area contributed by atoms with Crippen molar-refractivity contribution in [3.05, 3.63) is 47.2 Å². The van der Waals surface area contributed by atoms with E-state index in [0.717, 1.165) is 16.8 Å². The van der Waals surface area contributed by atoms with E-state index < -0.39 is 9.84 Å². The van der Waals surface area contributed by atoms with Crippen molar-refractivity contribution in [2.45, 2.75) is 26.3 Å². The number of nitrogens with one attached hydrogen (secondary N) is 2. The van der Waals surface area contributed by atoms with E-state index in [9.17, 15) is 13.2 Å². The van der Waals surface area contributed by atoms with Crippen LogP contribution in [-0.4, -0.2) is 42.1 Å². The molecule has 1 atom stereocenters. The summed E-state index contributed by atoms with van der Waals surface area (Å²) in [7, 11) is -2.95. The number of hydrogen-bond acceptors (Lipinski definition) is 6. The number of benzene rings is 1. The summed E-state index contributed by atoms with van der Waals surface area (Å²) in [6.07, 6.45) is 0.554. The molecule has 1 fully saturated rings. The van der Waals surface area contributed by atoms with Crippen molar-refractivity contribution in [1.29, 1.82) is 0 Å². The van der Waals surface area contributed by atoms with Gasteiger partial charge in [-0.05, 0) is 49.6 Å². The predicted molar refractivity (Wildman–Crippen MR) is 96.6 cm³/mol. The van der Waals surface area contributed by atoms with Crippen molar-refractivity contribution in [1.82, 2.24) is 10.2 Å². The third-order valence-electron chi connectivity index (χ3n) is 4.33. The van der Waals surface area contributed by atoms with Gasteiger partial charge in [-0.1, -0.05) is 12.1 Å². The summed E-state index contributed by atoms with van der Waals surface area (Å²) in [4.78, 5) is 12.3. The molecule has 1 unspecified atom stereocenters. The largest absolute Gasteiger partial charge is 0.365 e. The summed E-state index contributed by atoms with van der Waals surface area (Å²) in [5, 5.41) is 13.8. The molecule has 1 aromatic carbocycles. The van der Waals surface area contributed by atoms with Crippen LogP contribution >= 0.6 is 0 Å². The number of sulfone groups is 1. The van der Waals surface area contributed by atoms with Gasteiger partial charge in [0, 0.05) is 11.7 Å². The SMILES string of the molecule is Cc1cccc(NC(=O)c2ccc(NC3CCS(=O)(=O)C3)nn2)c1C. The monoisotopic (exact) mass is 360 g/mol. The van der Waals surface area contributed by atoms with E-state index >= 15 is 0 Å². The lowest BCUT2D eigenvalue weighted by molar-refractivity contribution is 0.102. The van der Waals surface area contributed by atoms with E-state index in [2.05, 4.69) is 20.8 Å². The minimum Gasteiger partial charge on any atom is -0.365 e. The van der Waals surface area contributed by atoms with Gasteiger partial charge in [0.15, 0.2) is 15.5 Å². The Morgan fingerprint density at radius 1 is 1.16 bits per heavy atom. The van der Waals surface area contributed by atoms with Gasteiger partial charge in [-0.3, -0.25) is 4.79 Å². The van der Waals surface area contributed by atoms with Crippen LogP contribution in [0.1, 0.15) is 28.0 Å². The molecular formula is C17H20N4O3S. The molecule has 0 radical (unpaired) electrons. The lowest BCUT2D eigenvalue weighted by atomic mass is 10.1. The normalized spacial score (nSPS) is 18.7. The Balaban J connectivity index is 1.65. The van der Waals surface area contributed by atoms with E-state index in [1.807, 2.05) is 32.0 Å². The number of hydrogen-bond donors (Lipinski definition) is 2. The van der Waals surface area contributed by atoms with E-state index in [0.29, 0.717) is 12.2 Å². The lowest BCUT2D eigenvalue weighted by Crippen LogP contribution is -2.22. The van der Waals surface area contributed by atoms with E-state index in [1.165, 1.54) is 0 Å². The highest BCUT2D eigenvalue weighted by Crippen LogP contribution is 2.19. The smallest absolute Gasteiger partial charge is 0.276 e. The van der Waals surface area contributed by atoms with Crippen LogP contribution in [0.4, 0.5) is 11.5 Å². The number of rotatable bonds is 4. The molecule has 1 aliphatic rings. The van der Waals surface area contributed by atoms with Gasteiger partial charge in [-0.15, -0.1) is 10.2 Å². The van der Waals surface area contributed by atoms with Gasteiger partial charge in [0.05, 0.1) is 11.5 Å². The summed E-state index contributed by atoms with van der Waals surface area (Å²) in [5.74, 6) is 0.416. The van der Waals surface area contributed by atoms with Crippen molar-refractivity contribution in [3.8, 4) is 0 Å². The zero-order chi connectivity index (χ0) is 18.0. The molecular weight excluding hydrogens is 340 g/mol. The van der Waals surface area contributed by atoms with Crippen molar-refractivity contribution in [3.63, 3.8) is 0 Å². The Morgan fingerprint density at radius 2 is 1.96 bits per heavy atom. The molecule has 8 heteroatoms. The average molecular weight is 360 g/mol. The minimum atomic E-state index is -2.95. The molecule has 132 valence electrons. The number of carbonyl (C=O) groups is 1. The first-order chi connectivity index (χ1) is 11.8. The van der Waals surface area contributed by atoms with Crippen LogP contribution in [0.2, 0.25) is 0 Å². The zero-order valence-corrected chi connectivity index (χ0v) is 14.9. The molecule has 3 rings (SSSR count). The van der Waals surface area contributed by atoms with Crippen molar-refractivity contribution < 1.29 is 13.2 Å². The van der Waals surface area contributed by atoms with Crippen LogP contribution in [0.25, 0.3) is 0 Å². The fourth-order valence-electron chi connectivity index (χ4n) is 2.72. The molecule has 2 heterocycles. The molecule has 1 amide bonds. The Labute approximate surface area is 146 Å².